The summed E-state index contributed by atoms with van der Waals surface area (Å²) in [6.45, 7) is 3.85. The maximum Gasteiger partial charge on any atom is 0.240 e. The Morgan fingerprint density at radius 2 is 2.40 bits per heavy atom. The lowest BCUT2D eigenvalue weighted by Crippen LogP contribution is -2.44. The Morgan fingerprint density at radius 1 is 1.60 bits per heavy atom. The van der Waals surface area contributed by atoms with Gasteiger partial charge in [0.1, 0.15) is 0 Å². The van der Waals surface area contributed by atoms with Crippen molar-refractivity contribution in [1.82, 2.24) is 10.1 Å². The number of halogens is 1. The smallest absolute Gasteiger partial charge is 0.240 e. The number of aromatic nitrogens is 1. The molecule has 1 saturated heterocycles. The highest BCUT2D eigenvalue weighted by molar-refractivity contribution is 5.91. The van der Waals surface area contributed by atoms with Crippen LogP contribution in [0.5, 0.6) is 0 Å². The average Bonchev–Trinajstić information content (AvgIpc) is 2.77. The highest BCUT2D eigenvalue weighted by Gasteiger charge is 2.23. The molecule has 0 bridgehead atoms. The van der Waals surface area contributed by atoms with E-state index in [2.05, 4.69) is 15.4 Å². The van der Waals surface area contributed by atoms with Gasteiger partial charge >= 0.3 is 0 Å². The van der Waals surface area contributed by atoms with E-state index in [1.807, 2.05) is 6.92 Å². The monoisotopic (exact) mass is 302 g/mol. The van der Waals surface area contributed by atoms with E-state index in [0.29, 0.717) is 25.0 Å². The van der Waals surface area contributed by atoms with E-state index < -0.39 is 0 Å². The van der Waals surface area contributed by atoms with Gasteiger partial charge in [-0.15, -0.1) is 12.4 Å². The van der Waals surface area contributed by atoms with Gasteiger partial charge in [-0.25, -0.2) is 0 Å². The zero-order chi connectivity index (χ0) is 13.7. The lowest BCUT2D eigenvalue weighted by molar-refractivity contribution is -0.118. The molecule has 1 aliphatic heterocycles. The minimum Gasteiger partial charge on any atom is -0.338 e. The highest BCUT2D eigenvalue weighted by atomic mass is 35.5. The van der Waals surface area contributed by atoms with Crippen LogP contribution in [0.3, 0.4) is 0 Å². The lowest BCUT2D eigenvalue weighted by atomic mass is 9.99. The standard InChI is InChI=1S/C13H22N4O2.ClH/c1-10-8-13(19-16-10)15-12(18)9-17-7-3-2-4-11(17)5-6-14;/h8,11H,2-7,9,14H2,1H3,(H,15,18);1H. The third-order valence-electron chi connectivity index (χ3n) is 3.49. The Morgan fingerprint density at radius 3 is 3.05 bits per heavy atom. The number of aryl methyl sites for hydroxylation is 1. The van der Waals surface area contributed by atoms with Gasteiger partial charge in [-0.3, -0.25) is 15.0 Å². The molecule has 0 aromatic carbocycles. The molecule has 1 unspecified atom stereocenters. The summed E-state index contributed by atoms with van der Waals surface area (Å²) >= 11 is 0. The molecule has 1 fully saturated rings. The van der Waals surface area contributed by atoms with Crippen LogP contribution in [-0.4, -0.2) is 41.6 Å². The number of hydrogen-bond donors (Lipinski definition) is 2. The first-order valence-corrected chi connectivity index (χ1v) is 6.86. The normalized spacial score (nSPS) is 19.4. The molecule has 1 amide bonds. The van der Waals surface area contributed by atoms with E-state index in [4.69, 9.17) is 10.3 Å². The summed E-state index contributed by atoms with van der Waals surface area (Å²) in [6, 6.07) is 2.15. The topological polar surface area (TPSA) is 84.4 Å². The van der Waals surface area contributed by atoms with Crippen molar-refractivity contribution in [2.75, 3.05) is 25.0 Å². The predicted molar refractivity (Wildman–Crippen MR) is 80.0 cm³/mol. The van der Waals surface area contributed by atoms with Crippen LogP contribution in [-0.2, 0) is 4.79 Å². The average molecular weight is 303 g/mol. The molecule has 2 heterocycles. The van der Waals surface area contributed by atoms with E-state index >= 15 is 0 Å². The first-order valence-electron chi connectivity index (χ1n) is 6.86. The second-order valence-electron chi connectivity index (χ2n) is 5.08. The van der Waals surface area contributed by atoms with Gasteiger partial charge in [-0.1, -0.05) is 11.6 Å². The van der Waals surface area contributed by atoms with Crippen LogP contribution in [0.2, 0.25) is 0 Å². The molecular weight excluding hydrogens is 280 g/mol. The number of likely N-dealkylation sites (tertiary alicyclic amines) is 1. The van der Waals surface area contributed by atoms with Crippen LogP contribution in [0.4, 0.5) is 5.88 Å². The molecule has 1 aromatic rings. The molecule has 20 heavy (non-hydrogen) atoms. The number of amides is 1. The first kappa shape index (κ1) is 16.9. The van der Waals surface area contributed by atoms with Crippen molar-refractivity contribution in [2.45, 2.75) is 38.6 Å². The number of piperidine rings is 1. The number of carbonyl (C=O) groups excluding carboxylic acids is 1. The number of rotatable bonds is 5. The number of nitrogens with one attached hydrogen (secondary N) is 1. The van der Waals surface area contributed by atoms with E-state index in [0.717, 1.165) is 31.5 Å². The van der Waals surface area contributed by atoms with Crippen molar-refractivity contribution >= 4 is 24.2 Å². The fraction of sp³-hybridized carbons (Fsp3) is 0.692. The minimum atomic E-state index is -0.0555. The molecule has 1 aliphatic rings. The second kappa shape index (κ2) is 8.24. The zero-order valence-electron chi connectivity index (χ0n) is 11.8. The van der Waals surface area contributed by atoms with Crippen LogP contribution in [0.15, 0.2) is 10.6 Å². The fourth-order valence-electron chi connectivity index (χ4n) is 2.57. The minimum absolute atomic E-state index is 0. The number of hydrogen-bond acceptors (Lipinski definition) is 5. The molecule has 0 aliphatic carbocycles. The lowest BCUT2D eigenvalue weighted by Gasteiger charge is -2.34. The Labute approximate surface area is 125 Å². The second-order valence-corrected chi connectivity index (χ2v) is 5.08. The van der Waals surface area contributed by atoms with E-state index in [1.165, 1.54) is 6.42 Å². The van der Waals surface area contributed by atoms with E-state index in [1.54, 1.807) is 6.07 Å². The summed E-state index contributed by atoms with van der Waals surface area (Å²) in [6.07, 6.45) is 4.46. The molecule has 0 radical (unpaired) electrons. The maximum absolute atomic E-state index is 12.0. The van der Waals surface area contributed by atoms with Crippen molar-refractivity contribution in [1.29, 1.82) is 0 Å². The van der Waals surface area contributed by atoms with Gasteiger partial charge in [0.15, 0.2) is 0 Å². The molecule has 0 spiro atoms. The van der Waals surface area contributed by atoms with E-state index in [9.17, 15) is 4.79 Å². The molecule has 114 valence electrons. The van der Waals surface area contributed by atoms with Crippen molar-refractivity contribution in [3.63, 3.8) is 0 Å². The van der Waals surface area contributed by atoms with Gasteiger partial charge in [0.2, 0.25) is 11.8 Å². The zero-order valence-corrected chi connectivity index (χ0v) is 12.6. The van der Waals surface area contributed by atoms with E-state index in [-0.39, 0.29) is 18.3 Å². The number of anilines is 1. The van der Waals surface area contributed by atoms with Gasteiger partial charge in [-0.2, -0.15) is 0 Å². The molecule has 2 rings (SSSR count). The van der Waals surface area contributed by atoms with Gasteiger partial charge < -0.3 is 10.3 Å². The molecule has 1 atom stereocenters. The summed E-state index contributed by atoms with van der Waals surface area (Å²) in [5.41, 5.74) is 6.39. The Hall–Kier alpha value is -1.11. The van der Waals surface area contributed by atoms with Crippen molar-refractivity contribution < 1.29 is 9.32 Å². The number of carbonyl (C=O) groups is 1. The highest BCUT2D eigenvalue weighted by Crippen LogP contribution is 2.19. The third kappa shape index (κ3) is 4.77. The van der Waals surface area contributed by atoms with Gasteiger partial charge in [-0.05, 0) is 39.3 Å². The van der Waals surface area contributed by atoms with Crippen LogP contribution >= 0.6 is 12.4 Å². The summed E-state index contributed by atoms with van der Waals surface area (Å²) in [7, 11) is 0. The van der Waals surface area contributed by atoms with Crippen LogP contribution in [0.1, 0.15) is 31.4 Å². The predicted octanol–water partition coefficient (Wildman–Crippen LogP) is 1.55. The SMILES string of the molecule is Cc1cc(NC(=O)CN2CCCCC2CCN)on1.Cl. The maximum atomic E-state index is 12.0. The van der Waals surface area contributed by atoms with Gasteiger partial charge in [0, 0.05) is 12.1 Å². The van der Waals surface area contributed by atoms with Gasteiger partial charge in [0.05, 0.1) is 12.2 Å². The fourth-order valence-corrected chi connectivity index (χ4v) is 2.57. The molecule has 1 aromatic heterocycles. The van der Waals surface area contributed by atoms with Crippen molar-refractivity contribution in [3.8, 4) is 0 Å². The summed E-state index contributed by atoms with van der Waals surface area (Å²) in [5, 5.41) is 6.47. The molecule has 3 N–H and O–H groups in total. The summed E-state index contributed by atoms with van der Waals surface area (Å²) in [4.78, 5) is 14.2. The number of nitrogens with zero attached hydrogens (tertiary/aromatic N) is 2. The third-order valence-corrected chi connectivity index (χ3v) is 3.49. The molecule has 7 heteroatoms. The molecule has 6 nitrogen and oxygen atoms in total. The largest absolute Gasteiger partial charge is 0.338 e. The Kier molecular flexibility index (Phi) is 6.98. The number of nitrogens with two attached hydrogens (primary N) is 1. The Bertz CT molecular complexity index is 422. The quantitative estimate of drug-likeness (QED) is 0.862. The van der Waals surface area contributed by atoms with Crippen LogP contribution in [0, 0.1) is 6.92 Å². The summed E-state index contributed by atoms with van der Waals surface area (Å²) < 4.78 is 4.98. The molecule has 0 saturated carbocycles. The van der Waals surface area contributed by atoms with Gasteiger partial charge in [0.25, 0.3) is 0 Å². The molecular formula is C13H23ClN4O2. The summed E-state index contributed by atoms with van der Waals surface area (Å²) in [5.74, 6) is 0.356. The first-order chi connectivity index (χ1) is 9.19. The Balaban J connectivity index is 0.00000200. The van der Waals surface area contributed by atoms with Crippen LogP contribution in [0.25, 0.3) is 0 Å². The van der Waals surface area contributed by atoms with Crippen LogP contribution < -0.4 is 11.1 Å². The van der Waals surface area contributed by atoms with Crippen molar-refractivity contribution in [3.05, 3.63) is 11.8 Å². The van der Waals surface area contributed by atoms with Crippen molar-refractivity contribution in [2.24, 2.45) is 5.73 Å².